The smallest absolute Gasteiger partial charge is 0.146 e. The number of hydrogen-bond acceptors (Lipinski definition) is 2. The van der Waals surface area contributed by atoms with Gasteiger partial charge in [0.25, 0.3) is 0 Å². The van der Waals surface area contributed by atoms with Crippen molar-refractivity contribution in [2.24, 2.45) is 0 Å². The van der Waals surface area contributed by atoms with Crippen LogP contribution in [0.2, 0.25) is 33.2 Å². The topological polar surface area (TPSA) is 25.8 Å². The van der Waals surface area contributed by atoms with Crippen molar-refractivity contribution in [1.29, 1.82) is 0 Å². The fourth-order valence-electron chi connectivity index (χ4n) is 8.13. The lowest BCUT2D eigenvalue weighted by molar-refractivity contribution is 0.838. The van der Waals surface area contributed by atoms with E-state index in [-0.39, 0.29) is 0 Å². The first-order valence-electron chi connectivity index (χ1n) is 15.9. The first kappa shape index (κ1) is 32.0. The van der Waals surface area contributed by atoms with Crippen LogP contribution in [-0.4, -0.2) is 26.3 Å². The summed E-state index contributed by atoms with van der Waals surface area (Å²) in [6, 6.07) is 15.3. The zero-order chi connectivity index (χ0) is 31.0. The van der Waals surface area contributed by atoms with Crippen molar-refractivity contribution in [2.75, 3.05) is 0 Å². The Bertz CT molecular complexity index is 1550. The Kier molecular flexibility index (Phi) is 9.41. The molecule has 1 heterocycles. The molecule has 0 aliphatic heterocycles. The van der Waals surface area contributed by atoms with Crippen LogP contribution in [0.25, 0.3) is 32.4 Å². The Morgan fingerprint density at radius 3 is 1.33 bits per heavy atom. The molecule has 42 heavy (non-hydrogen) atoms. The normalized spacial score (nSPS) is 12.7. The van der Waals surface area contributed by atoms with E-state index in [2.05, 4.69) is 159 Å². The second-order valence-electron chi connectivity index (χ2n) is 14.1. The lowest BCUT2D eigenvalue weighted by Gasteiger charge is -2.38. The van der Waals surface area contributed by atoms with E-state index in [1.807, 2.05) is 0 Å². The summed E-state index contributed by atoms with van der Waals surface area (Å²) in [7, 11) is -3.88. The lowest BCUT2D eigenvalue weighted by Crippen LogP contribution is -2.43. The maximum Gasteiger partial charge on any atom is 0.146 e. The van der Waals surface area contributed by atoms with Gasteiger partial charge in [-0.3, -0.25) is 0 Å². The fraction of sp³-hybridized carbons (Fsp3) is 0.474. The van der Waals surface area contributed by atoms with E-state index in [9.17, 15) is 0 Å². The Morgan fingerprint density at radius 2 is 0.929 bits per heavy atom. The van der Waals surface area contributed by atoms with E-state index in [1.54, 1.807) is 6.20 Å². The van der Waals surface area contributed by atoms with Crippen LogP contribution < -0.4 is 0 Å². The highest BCUT2D eigenvalue weighted by molar-refractivity contribution is 6.91. The number of aromatic nitrogens is 2. The summed E-state index contributed by atoms with van der Waals surface area (Å²) in [5.74, 6) is 7.73. The van der Waals surface area contributed by atoms with Crippen molar-refractivity contribution >= 4 is 48.6 Å². The number of benzene rings is 3. The van der Waals surface area contributed by atoms with Crippen LogP contribution in [0.1, 0.15) is 94.2 Å². The highest BCUT2D eigenvalue weighted by Crippen LogP contribution is 2.43. The molecule has 0 amide bonds. The Hall–Kier alpha value is -2.93. The maximum absolute atomic E-state index is 4.51. The molecule has 0 aliphatic carbocycles. The Balaban J connectivity index is 2.20. The molecule has 0 atom stereocenters. The van der Waals surface area contributed by atoms with E-state index in [4.69, 9.17) is 0 Å². The average Bonchev–Trinajstić information content (AvgIpc) is 2.92. The van der Waals surface area contributed by atoms with E-state index in [0.29, 0.717) is 33.2 Å². The molecule has 0 radical (unpaired) electrons. The molecule has 2 nitrogen and oxygen atoms in total. The number of hydrogen-bond donors (Lipinski definition) is 0. The highest BCUT2D eigenvalue weighted by atomic mass is 28.3. The molecule has 0 saturated carbocycles. The quantitative estimate of drug-likeness (QED) is 0.127. The van der Waals surface area contributed by atoms with Gasteiger partial charge in [0.05, 0.1) is 11.7 Å². The fourth-order valence-corrected chi connectivity index (χ4v) is 18.5. The molecule has 0 unspecified atom stereocenters. The maximum atomic E-state index is 4.51. The molecule has 1 aromatic heterocycles. The summed E-state index contributed by atoms with van der Waals surface area (Å²) >= 11 is 0. The second kappa shape index (κ2) is 12.4. The lowest BCUT2D eigenvalue weighted by atomic mass is 9.91. The minimum atomic E-state index is -1.94. The van der Waals surface area contributed by atoms with Gasteiger partial charge in [0.1, 0.15) is 16.1 Å². The van der Waals surface area contributed by atoms with E-state index in [0.717, 1.165) is 27.4 Å². The summed E-state index contributed by atoms with van der Waals surface area (Å²) in [6.07, 6.45) is 1.78. The largest absolute Gasteiger partial charge is 0.159 e. The van der Waals surface area contributed by atoms with Gasteiger partial charge in [-0.25, -0.2) is 0 Å². The van der Waals surface area contributed by atoms with Crippen molar-refractivity contribution in [2.45, 2.75) is 116 Å². The summed E-state index contributed by atoms with van der Waals surface area (Å²) in [5.41, 5.74) is 14.6. The standard InChI is InChI=1S/C38H50N2Si2/c1-25(2)41(26(3)4,27(5)6)21-18-34-32-15-13-14-16-33(32)35(19-22-42(28(7)8,29(9)10)30(11)12)37-24-38-31(23-36(34)37)17-20-39-40-38/h13-17,20,23-30H,1-12H3. The zero-order valence-corrected chi connectivity index (χ0v) is 30.0. The van der Waals surface area contributed by atoms with Crippen molar-refractivity contribution < 1.29 is 0 Å². The van der Waals surface area contributed by atoms with Gasteiger partial charge in [0.15, 0.2) is 0 Å². The number of fused-ring (bicyclic) bond motifs is 3. The third kappa shape index (κ3) is 5.34. The van der Waals surface area contributed by atoms with Crippen LogP contribution >= 0.6 is 0 Å². The van der Waals surface area contributed by atoms with Crippen LogP contribution in [-0.2, 0) is 0 Å². The SMILES string of the molecule is CC(C)[Si](C#Cc1c2ccccc2c(C#C[Si](C(C)C)(C(C)C)C(C)C)c2cc3nnccc3cc12)(C(C)C)C(C)C. The average molecular weight is 591 g/mol. The molecule has 0 N–H and O–H groups in total. The van der Waals surface area contributed by atoms with Crippen molar-refractivity contribution in [1.82, 2.24) is 10.2 Å². The molecule has 0 saturated heterocycles. The second-order valence-corrected chi connectivity index (χ2v) is 25.2. The van der Waals surface area contributed by atoms with Gasteiger partial charge in [-0.2, -0.15) is 10.2 Å². The molecule has 0 aliphatic rings. The van der Waals surface area contributed by atoms with Crippen molar-refractivity contribution in [3.05, 3.63) is 59.8 Å². The first-order chi connectivity index (χ1) is 19.8. The summed E-state index contributed by atoms with van der Waals surface area (Å²) in [6.45, 7) is 28.6. The predicted octanol–water partition coefficient (Wildman–Crippen LogP) is 11.1. The molecular formula is C38H50N2Si2. The molecule has 0 bridgehead atoms. The van der Waals surface area contributed by atoms with Gasteiger partial charge in [-0.05, 0) is 67.6 Å². The third-order valence-corrected chi connectivity index (χ3v) is 22.8. The third-order valence-electron chi connectivity index (χ3n) is 10.2. The van der Waals surface area contributed by atoms with Crippen LogP contribution in [0.3, 0.4) is 0 Å². The number of nitrogens with zero attached hydrogens (tertiary/aromatic N) is 2. The van der Waals surface area contributed by atoms with Crippen LogP contribution in [0, 0.1) is 22.9 Å². The first-order valence-corrected chi connectivity index (χ1v) is 20.4. The zero-order valence-electron chi connectivity index (χ0n) is 28.0. The monoisotopic (exact) mass is 590 g/mol. The minimum absolute atomic E-state index is 0.570. The van der Waals surface area contributed by atoms with E-state index in [1.165, 1.54) is 16.2 Å². The van der Waals surface area contributed by atoms with Gasteiger partial charge >= 0.3 is 0 Å². The molecule has 4 rings (SSSR count). The van der Waals surface area contributed by atoms with E-state index >= 15 is 0 Å². The molecule has 0 fully saturated rings. The van der Waals surface area contributed by atoms with Crippen LogP contribution in [0.4, 0.5) is 0 Å². The minimum Gasteiger partial charge on any atom is -0.159 e. The van der Waals surface area contributed by atoms with Gasteiger partial charge in [0.2, 0.25) is 0 Å². The van der Waals surface area contributed by atoms with E-state index < -0.39 is 16.1 Å². The molecule has 220 valence electrons. The highest BCUT2D eigenvalue weighted by Gasteiger charge is 2.42. The Morgan fingerprint density at radius 1 is 0.524 bits per heavy atom. The van der Waals surface area contributed by atoms with Crippen molar-refractivity contribution in [3.63, 3.8) is 0 Å². The predicted molar refractivity (Wildman–Crippen MR) is 190 cm³/mol. The molecule has 4 heteroatoms. The number of rotatable bonds is 6. The van der Waals surface area contributed by atoms with Crippen molar-refractivity contribution in [3.8, 4) is 22.9 Å². The van der Waals surface area contributed by atoms with Crippen LogP contribution in [0.15, 0.2) is 48.7 Å². The van der Waals surface area contributed by atoms with Crippen LogP contribution in [0.5, 0.6) is 0 Å². The molecule has 3 aromatic carbocycles. The summed E-state index contributed by atoms with van der Waals surface area (Å²) in [4.78, 5) is 0. The molecule has 0 spiro atoms. The van der Waals surface area contributed by atoms with Gasteiger partial charge in [0, 0.05) is 21.9 Å². The van der Waals surface area contributed by atoms with Gasteiger partial charge in [-0.1, -0.05) is 119 Å². The van der Waals surface area contributed by atoms with Gasteiger partial charge in [-0.15, -0.1) is 11.1 Å². The summed E-state index contributed by atoms with van der Waals surface area (Å²) in [5, 5.41) is 14.5. The summed E-state index contributed by atoms with van der Waals surface area (Å²) < 4.78 is 0. The molecule has 4 aromatic rings. The Labute approximate surface area is 257 Å². The van der Waals surface area contributed by atoms with Gasteiger partial charge < -0.3 is 0 Å². The molecular weight excluding hydrogens is 541 g/mol.